The maximum absolute atomic E-state index is 4.70. The highest BCUT2D eigenvalue weighted by atomic mass is 79.9. The van der Waals surface area contributed by atoms with Gasteiger partial charge in [-0.2, -0.15) is 0 Å². The number of aryl methyl sites for hydroxylation is 2. The molecule has 0 aliphatic carbocycles. The lowest BCUT2D eigenvalue weighted by Crippen LogP contribution is -2.01. The molecule has 3 heteroatoms. The van der Waals surface area contributed by atoms with Crippen LogP contribution in [-0.2, 0) is 13.0 Å². The Morgan fingerprint density at radius 3 is 2.81 bits per heavy atom. The van der Waals surface area contributed by atoms with Crippen LogP contribution in [0.25, 0.3) is 11.0 Å². The first-order chi connectivity index (χ1) is 7.76. The molecule has 2 rings (SSSR count). The van der Waals surface area contributed by atoms with Crippen molar-refractivity contribution >= 4 is 27.0 Å². The van der Waals surface area contributed by atoms with Crippen LogP contribution in [0.2, 0.25) is 0 Å². The van der Waals surface area contributed by atoms with E-state index in [4.69, 9.17) is 4.98 Å². The quantitative estimate of drug-likeness (QED) is 0.822. The molecule has 0 N–H and O–H groups in total. The van der Waals surface area contributed by atoms with Gasteiger partial charge >= 0.3 is 0 Å². The topological polar surface area (TPSA) is 17.8 Å². The molecular weight excluding hydrogens is 264 g/mol. The smallest absolute Gasteiger partial charge is 0.109 e. The third-order valence-electron chi connectivity index (χ3n) is 2.86. The number of fused-ring (bicyclic) bond motifs is 1. The van der Waals surface area contributed by atoms with E-state index in [1.54, 1.807) is 0 Å². The fourth-order valence-electron chi connectivity index (χ4n) is 2.02. The molecule has 0 amide bonds. The van der Waals surface area contributed by atoms with Crippen molar-refractivity contribution in [3.63, 3.8) is 0 Å². The molecule has 0 aliphatic heterocycles. The summed E-state index contributed by atoms with van der Waals surface area (Å²) in [5, 5.41) is 0. The highest BCUT2D eigenvalue weighted by molar-refractivity contribution is 9.10. The minimum absolute atomic E-state index is 0.992. The van der Waals surface area contributed by atoms with Gasteiger partial charge in [0.15, 0.2) is 0 Å². The van der Waals surface area contributed by atoms with Gasteiger partial charge < -0.3 is 4.57 Å². The largest absolute Gasteiger partial charge is 0.328 e. The lowest BCUT2D eigenvalue weighted by atomic mass is 10.2. The SMILES string of the molecule is CCCCc1nc2ccc(Br)cc2n1CC. The Hall–Kier alpha value is -0.830. The van der Waals surface area contributed by atoms with Crippen molar-refractivity contribution in [2.45, 2.75) is 39.7 Å². The summed E-state index contributed by atoms with van der Waals surface area (Å²) < 4.78 is 3.44. The molecule has 1 heterocycles. The number of aromatic nitrogens is 2. The molecule has 1 aromatic carbocycles. The van der Waals surface area contributed by atoms with E-state index < -0.39 is 0 Å². The molecule has 0 aliphatic rings. The van der Waals surface area contributed by atoms with Gasteiger partial charge in [-0.05, 0) is 31.5 Å². The van der Waals surface area contributed by atoms with Gasteiger partial charge in [-0.25, -0.2) is 4.98 Å². The Balaban J connectivity index is 2.49. The molecule has 0 unspecified atom stereocenters. The minimum Gasteiger partial charge on any atom is -0.328 e. The fourth-order valence-corrected chi connectivity index (χ4v) is 2.37. The van der Waals surface area contributed by atoms with E-state index in [2.05, 4.69) is 52.5 Å². The van der Waals surface area contributed by atoms with Gasteiger partial charge in [-0.15, -0.1) is 0 Å². The van der Waals surface area contributed by atoms with Crippen molar-refractivity contribution in [3.8, 4) is 0 Å². The standard InChI is InChI=1S/C13H17BrN2/c1-3-5-6-13-15-11-8-7-10(14)9-12(11)16(13)4-2/h7-9H,3-6H2,1-2H3. The van der Waals surface area contributed by atoms with Crippen LogP contribution in [0.15, 0.2) is 22.7 Å². The maximum atomic E-state index is 4.70. The van der Waals surface area contributed by atoms with Crippen LogP contribution in [0.5, 0.6) is 0 Å². The van der Waals surface area contributed by atoms with Crippen molar-refractivity contribution in [2.24, 2.45) is 0 Å². The average Bonchev–Trinajstić information content (AvgIpc) is 2.63. The van der Waals surface area contributed by atoms with E-state index in [-0.39, 0.29) is 0 Å². The summed E-state index contributed by atoms with van der Waals surface area (Å²) in [6.07, 6.45) is 3.51. The number of hydrogen-bond acceptors (Lipinski definition) is 1. The molecule has 1 aromatic heterocycles. The first kappa shape index (κ1) is 11.6. The van der Waals surface area contributed by atoms with Gasteiger partial charge in [0.2, 0.25) is 0 Å². The van der Waals surface area contributed by atoms with Gasteiger partial charge in [0.05, 0.1) is 11.0 Å². The third-order valence-corrected chi connectivity index (χ3v) is 3.35. The average molecular weight is 281 g/mol. The van der Waals surface area contributed by atoms with E-state index in [0.717, 1.165) is 23.0 Å². The van der Waals surface area contributed by atoms with E-state index in [0.29, 0.717) is 0 Å². The Kier molecular flexibility index (Phi) is 3.64. The van der Waals surface area contributed by atoms with E-state index in [1.807, 2.05) is 0 Å². The third kappa shape index (κ3) is 2.14. The van der Waals surface area contributed by atoms with E-state index in [1.165, 1.54) is 24.2 Å². The summed E-state index contributed by atoms with van der Waals surface area (Å²) in [5.74, 6) is 1.22. The van der Waals surface area contributed by atoms with E-state index in [9.17, 15) is 0 Å². The summed E-state index contributed by atoms with van der Waals surface area (Å²) in [5.41, 5.74) is 2.35. The van der Waals surface area contributed by atoms with Crippen molar-refractivity contribution in [2.75, 3.05) is 0 Å². The molecule has 0 atom stereocenters. The van der Waals surface area contributed by atoms with Crippen LogP contribution in [0.4, 0.5) is 0 Å². The van der Waals surface area contributed by atoms with Crippen molar-refractivity contribution in [1.29, 1.82) is 0 Å². The zero-order valence-electron chi connectivity index (χ0n) is 9.83. The fraction of sp³-hybridized carbons (Fsp3) is 0.462. The normalized spacial score (nSPS) is 11.2. The lowest BCUT2D eigenvalue weighted by molar-refractivity contribution is 0.675. The second-order valence-electron chi connectivity index (χ2n) is 4.01. The number of nitrogens with zero attached hydrogens (tertiary/aromatic N) is 2. The zero-order valence-corrected chi connectivity index (χ0v) is 11.4. The predicted molar refractivity (Wildman–Crippen MR) is 71.7 cm³/mol. The molecule has 0 bridgehead atoms. The van der Waals surface area contributed by atoms with Crippen molar-refractivity contribution in [3.05, 3.63) is 28.5 Å². The van der Waals surface area contributed by atoms with Crippen LogP contribution in [0.3, 0.4) is 0 Å². The van der Waals surface area contributed by atoms with Crippen LogP contribution in [0.1, 0.15) is 32.5 Å². The molecule has 86 valence electrons. The summed E-state index contributed by atoms with van der Waals surface area (Å²) in [4.78, 5) is 4.70. The summed E-state index contributed by atoms with van der Waals surface area (Å²) >= 11 is 3.52. The molecule has 2 aromatic rings. The number of unbranched alkanes of at least 4 members (excludes halogenated alkanes) is 1. The molecule has 0 spiro atoms. The highest BCUT2D eigenvalue weighted by Crippen LogP contribution is 2.21. The molecular formula is C13H17BrN2. The zero-order chi connectivity index (χ0) is 11.5. The highest BCUT2D eigenvalue weighted by Gasteiger charge is 2.08. The summed E-state index contributed by atoms with van der Waals surface area (Å²) in [6, 6.07) is 6.29. The van der Waals surface area contributed by atoms with Gasteiger partial charge in [0.25, 0.3) is 0 Å². The minimum atomic E-state index is 0.992. The Bertz CT molecular complexity index is 488. The van der Waals surface area contributed by atoms with Crippen LogP contribution < -0.4 is 0 Å². The van der Waals surface area contributed by atoms with E-state index >= 15 is 0 Å². The van der Waals surface area contributed by atoms with Gasteiger partial charge in [0, 0.05) is 17.4 Å². The molecule has 0 radical (unpaired) electrons. The summed E-state index contributed by atoms with van der Waals surface area (Å²) in [6.45, 7) is 5.39. The van der Waals surface area contributed by atoms with Crippen LogP contribution in [0, 0.1) is 0 Å². The predicted octanol–water partition coefficient (Wildman–Crippen LogP) is 4.16. The van der Waals surface area contributed by atoms with Gasteiger partial charge in [0.1, 0.15) is 5.82 Å². The number of rotatable bonds is 4. The molecule has 0 fully saturated rings. The maximum Gasteiger partial charge on any atom is 0.109 e. The monoisotopic (exact) mass is 280 g/mol. The molecule has 0 saturated heterocycles. The first-order valence-electron chi connectivity index (χ1n) is 5.91. The van der Waals surface area contributed by atoms with Gasteiger partial charge in [-0.1, -0.05) is 29.3 Å². The lowest BCUT2D eigenvalue weighted by Gasteiger charge is -2.05. The van der Waals surface area contributed by atoms with Crippen LogP contribution in [-0.4, -0.2) is 9.55 Å². The Labute approximate surface area is 105 Å². The van der Waals surface area contributed by atoms with Crippen LogP contribution >= 0.6 is 15.9 Å². The first-order valence-corrected chi connectivity index (χ1v) is 6.70. The van der Waals surface area contributed by atoms with Crippen molar-refractivity contribution < 1.29 is 0 Å². The summed E-state index contributed by atoms with van der Waals surface area (Å²) in [7, 11) is 0. The Morgan fingerprint density at radius 2 is 2.12 bits per heavy atom. The molecule has 0 saturated carbocycles. The van der Waals surface area contributed by atoms with Crippen molar-refractivity contribution in [1.82, 2.24) is 9.55 Å². The number of halogens is 1. The molecule has 2 nitrogen and oxygen atoms in total. The second-order valence-corrected chi connectivity index (χ2v) is 4.92. The number of imidazole rings is 1. The number of hydrogen-bond donors (Lipinski definition) is 0. The van der Waals surface area contributed by atoms with Gasteiger partial charge in [-0.3, -0.25) is 0 Å². The number of benzene rings is 1. The second kappa shape index (κ2) is 5.00. The Morgan fingerprint density at radius 1 is 1.31 bits per heavy atom. The molecule has 16 heavy (non-hydrogen) atoms.